The van der Waals surface area contributed by atoms with E-state index >= 15 is 0 Å². The molecule has 0 atom stereocenters. The van der Waals surface area contributed by atoms with E-state index in [0.717, 1.165) is 24.7 Å². The molecule has 0 radical (unpaired) electrons. The molecule has 2 aromatic carbocycles. The van der Waals surface area contributed by atoms with Gasteiger partial charge < -0.3 is 6.15 Å². The number of benzene rings is 2. The highest BCUT2D eigenvalue weighted by Gasteiger charge is 2.23. The third-order valence-corrected chi connectivity index (χ3v) is 5.35. The van der Waals surface area contributed by atoms with Crippen LogP contribution < -0.4 is 11.1 Å². The van der Waals surface area contributed by atoms with Crippen LogP contribution in [0.5, 0.6) is 0 Å². The highest BCUT2D eigenvalue weighted by atomic mass is 35.5. The van der Waals surface area contributed by atoms with Gasteiger partial charge in [-0.25, -0.2) is 0 Å². The van der Waals surface area contributed by atoms with E-state index in [-0.39, 0.29) is 12.1 Å². The standard InChI is InChI=1S/C20H18ClN3O2S.H3N/c1-2-3-12-24(19(26)16-6-4-5-7-17(16)21)20-23-22-18(27-20)15-10-8-14(13-25)9-11-15;/h4-11,13H,2-3,12H2,1H3;1H3. The predicted octanol–water partition coefficient (Wildman–Crippen LogP) is 5.28. The van der Waals surface area contributed by atoms with Crippen molar-refractivity contribution >= 4 is 40.3 Å². The van der Waals surface area contributed by atoms with Crippen LogP contribution in [0, 0.1) is 0 Å². The Balaban J connectivity index is 0.00000280. The number of nitrogens with zero attached hydrogens (tertiary/aromatic N) is 3. The van der Waals surface area contributed by atoms with Gasteiger partial charge >= 0.3 is 0 Å². The van der Waals surface area contributed by atoms with E-state index in [1.165, 1.54) is 11.3 Å². The zero-order valence-electron chi connectivity index (χ0n) is 15.5. The Bertz CT molecular complexity index is 943. The molecule has 0 unspecified atom stereocenters. The average Bonchev–Trinajstić information content (AvgIpc) is 3.18. The Kier molecular flexibility index (Phi) is 7.80. The van der Waals surface area contributed by atoms with Gasteiger partial charge in [-0.2, -0.15) is 0 Å². The summed E-state index contributed by atoms with van der Waals surface area (Å²) >= 11 is 7.54. The molecule has 3 aromatic rings. The van der Waals surface area contributed by atoms with Crippen LogP contribution in [0.1, 0.15) is 40.5 Å². The minimum atomic E-state index is -0.187. The summed E-state index contributed by atoms with van der Waals surface area (Å²) in [7, 11) is 0. The molecule has 1 heterocycles. The average molecular weight is 417 g/mol. The van der Waals surface area contributed by atoms with E-state index in [9.17, 15) is 9.59 Å². The van der Waals surface area contributed by atoms with E-state index in [1.807, 2.05) is 12.1 Å². The highest BCUT2D eigenvalue weighted by Crippen LogP contribution is 2.30. The third kappa shape index (κ3) is 4.81. The number of hydrogen-bond acceptors (Lipinski definition) is 6. The lowest BCUT2D eigenvalue weighted by atomic mass is 10.2. The summed E-state index contributed by atoms with van der Waals surface area (Å²) in [5.74, 6) is -0.187. The zero-order valence-corrected chi connectivity index (χ0v) is 17.0. The lowest BCUT2D eigenvalue weighted by Gasteiger charge is -2.19. The number of rotatable bonds is 7. The quantitative estimate of drug-likeness (QED) is 0.528. The van der Waals surface area contributed by atoms with Gasteiger partial charge in [-0.1, -0.05) is 72.7 Å². The smallest absolute Gasteiger partial charge is 0.261 e. The molecule has 8 heteroatoms. The first-order valence-corrected chi connectivity index (χ1v) is 9.79. The van der Waals surface area contributed by atoms with Gasteiger partial charge in [0.15, 0.2) is 0 Å². The number of aromatic nitrogens is 2. The molecule has 0 saturated heterocycles. The Labute approximate surface area is 172 Å². The van der Waals surface area contributed by atoms with Crippen LogP contribution in [-0.2, 0) is 0 Å². The van der Waals surface area contributed by atoms with Crippen molar-refractivity contribution in [3.8, 4) is 10.6 Å². The molecule has 0 fully saturated rings. The van der Waals surface area contributed by atoms with Crippen LogP contribution >= 0.6 is 22.9 Å². The molecule has 3 rings (SSSR count). The first kappa shape index (κ1) is 21.7. The number of aldehydes is 1. The molecule has 0 bridgehead atoms. The van der Waals surface area contributed by atoms with Crippen LogP contribution in [0.2, 0.25) is 5.02 Å². The molecule has 6 nitrogen and oxygen atoms in total. The molecule has 28 heavy (non-hydrogen) atoms. The molecule has 3 N–H and O–H groups in total. The number of carbonyl (C=O) groups excluding carboxylic acids is 2. The fraction of sp³-hybridized carbons (Fsp3) is 0.200. The van der Waals surface area contributed by atoms with Gasteiger partial charge in [0.05, 0.1) is 10.6 Å². The fourth-order valence-corrected chi connectivity index (χ4v) is 3.62. The molecule has 1 amide bonds. The van der Waals surface area contributed by atoms with Crippen LogP contribution in [0.15, 0.2) is 48.5 Å². The summed E-state index contributed by atoms with van der Waals surface area (Å²) in [4.78, 5) is 25.5. The molecule has 0 saturated carbocycles. The number of carbonyl (C=O) groups is 2. The number of hydrogen-bond donors (Lipinski definition) is 1. The zero-order chi connectivity index (χ0) is 19.2. The number of unbranched alkanes of at least 4 members (excludes halogenated alkanes) is 1. The van der Waals surface area contributed by atoms with Gasteiger partial charge in [0.1, 0.15) is 11.3 Å². The molecular formula is C20H21ClN4O2S. The number of halogens is 1. The molecule has 0 spiro atoms. The molecule has 1 aromatic heterocycles. The summed E-state index contributed by atoms with van der Waals surface area (Å²) in [5, 5.41) is 10.1. The molecular weight excluding hydrogens is 396 g/mol. The van der Waals surface area contributed by atoms with Gasteiger partial charge in [-0.15, -0.1) is 10.2 Å². The highest BCUT2D eigenvalue weighted by molar-refractivity contribution is 7.18. The maximum atomic E-state index is 13.0. The van der Waals surface area contributed by atoms with Gasteiger partial charge in [-0.05, 0) is 18.6 Å². The van der Waals surface area contributed by atoms with E-state index in [4.69, 9.17) is 11.6 Å². The first-order chi connectivity index (χ1) is 13.1. The van der Waals surface area contributed by atoms with Crippen LogP contribution in [-0.4, -0.2) is 28.9 Å². The lowest BCUT2D eigenvalue weighted by molar-refractivity contribution is 0.0986. The Morgan fingerprint density at radius 2 is 1.86 bits per heavy atom. The summed E-state index contributed by atoms with van der Waals surface area (Å²) in [6, 6.07) is 14.1. The van der Waals surface area contributed by atoms with Gasteiger partial charge in [0.2, 0.25) is 5.13 Å². The second-order valence-corrected chi connectivity index (χ2v) is 7.28. The van der Waals surface area contributed by atoms with Crippen molar-refractivity contribution in [2.24, 2.45) is 0 Å². The van der Waals surface area contributed by atoms with Crippen molar-refractivity contribution in [3.05, 3.63) is 64.7 Å². The van der Waals surface area contributed by atoms with Crippen molar-refractivity contribution in [3.63, 3.8) is 0 Å². The van der Waals surface area contributed by atoms with Crippen molar-refractivity contribution in [2.45, 2.75) is 19.8 Å². The van der Waals surface area contributed by atoms with Gasteiger partial charge in [-0.3, -0.25) is 14.5 Å². The number of anilines is 1. The summed E-state index contributed by atoms with van der Waals surface area (Å²) in [5.41, 5.74) is 1.90. The second kappa shape index (κ2) is 10.1. The Morgan fingerprint density at radius 1 is 1.14 bits per heavy atom. The normalized spacial score (nSPS) is 10.2. The monoisotopic (exact) mass is 416 g/mol. The van der Waals surface area contributed by atoms with Crippen LogP contribution in [0.3, 0.4) is 0 Å². The van der Waals surface area contributed by atoms with E-state index in [0.29, 0.717) is 32.8 Å². The molecule has 0 aliphatic carbocycles. The van der Waals surface area contributed by atoms with Crippen LogP contribution in [0.4, 0.5) is 5.13 Å². The minimum Gasteiger partial charge on any atom is -0.344 e. The van der Waals surface area contributed by atoms with E-state index < -0.39 is 0 Å². The summed E-state index contributed by atoms with van der Waals surface area (Å²) in [6.45, 7) is 2.61. The maximum absolute atomic E-state index is 13.0. The largest absolute Gasteiger partial charge is 0.344 e. The maximum Gasteiger partial charge on any atom is 0.261 e. The van der Waals surface area contributed by atoms with Crippen LogP contribution in [0.25, 0.3) is 10.6 Å². The van der Waals surface area contributed by atoms with Crippen molar-refractivity contribution < 1.29 is 9.59 Å². The molecule has 146 valence electrons. The summed E-state index contributed by atoms with van der Waals surface area (Å²) < 4.78 is 0. The minimum absolute atomic E-state index is 0. The second-order valence-electron chi connectivity index (χ2n) is 5.92. The molecule has 0 aliphatic heterocycles. The predicted molar refractivity (Wildman–Crippen MR) is 114 cm³/mol. The van der Waals surface area contributed by atoms with E-state index in [2.05, 4.69) is 17.1 Å². The van der Waals surface area contributed by atoms with Gasteiger partial charge in [0, 0.05) is 17.7 Å². The SMILES string of the molecule is CCCCN(C(=O)c1ccccc1Cl)c1nnc(-c2ccc(C=O)cc2)s1.N. The Hall–Kier alpha value is -2.61. The Morgan fingerprint density at radius 3 is 2.50 bits per heavy atom. The van der Waals surface area contributed by atoms with E-state index in [1.54, 1.807) is 41.3 Å². The molecule has 0 aliphatic rings. The number of amides is 1. The van der Waals surface area contributed by atoms with Crippen molar-refractivity contribution in [1.29, 1.82) is 0 Å². The van der Waals surface area contributed by atoms with Gasteiger partial charge in [0.25, 0.3) is 5.91 Å². The fourth-order valence-electron chi connectivity index (χ4n) is 2.53. The lowest BCUT2D eigenvalue weighted by Crippen LogP contribution is -2.32. The topological polar surface area (TPSA) is 98.2 Å². The van der Waals surface area contributed by atoms with Crippen molar-refractivity contribution in [1.82, 2.24) is 16.3 Å². The summed E-state index contributed by atoms with van der Waals surface area (Å²) in [6.07, 6.45) is 2.59. The first-order valence-electron chi connectivity index (χ1n) is 8.59. The third-order valence-electron chi connectivity index (χ3n) is 4.02. The van der Waals surface area contributed by atoms with Crippen molar-refractivity contribution in [2.75, 3.05) is 11.4 Å².